The van der Waals surface area contributed by atoms with Crippen LogP contribution in [0.2, 0.25) is 0 Å². The molecule has 60 heavy (non-hydrogen) atoms. The Balaban J connectivity index is 1.10. The lowest BCUT2D eigenvalue weighted by Gasteiger charge is -2.14. The van der Waals surface area contributed by atoms with Gasteiger partial charge in [0, 0.05) is 32.5 Å². The van der Waals surface area contributed by atoms with Crippen molar-refractivity contribution in [1.82, 2.24) is 19.1 Å². The maximum atomic E-state index is 5.64. The van der Waals surface area contributed by atoms with Gasteiger partial charge in [0.15, 0.2) is 0 Å². The first-order valence-electron chi connectivity index (χ1n) is 20.6. The fourth-order valence-corrected chi connectivity index (χ4v) is 10.5. The van der Waals surface area contributed by atoms with Gasteiger partial charge >= 0.3 is 0 Å². The molecule has 0 radical (unpaired) electrons. The molecule has 0 unspecified atom stereocenters. The number of hydrogen-bond acceptors (Lipinski definition) is 2. The van der Waals surface area contributed by atoms with E-state index < -0.39 is 0 Å². The number of fused-ring (bicyclic) bond motifs is 13. The van der Waals surface area contributed by atoms with Crippen LogP contribution in [0.1, 0.15) is 0 Å². The highest BCUT2D eigenvalue weighted by Crippen LogP contribution is 2.50. The predicted octanol–water partition coefficient (Wildman–Crippen LogP) is 14.6. The summed E-state index contributed by atoms with van der Waals surface area (Å²) in [6, 6.07) is 70.6. The molecule has 4 heteroatoms. The van der Waals surface area contributed by atoms with Gasteiger partial charge in [-0.15, -0.1) is 0 Å². The number of rotatable bonds is 3. The third kappa shape index (κ3) is 4.19. The van der Waals surface area contributed by atoms with E-state index in [-0.39, 0.29) is 0 Å². The van der Waals surface area contributed by atoms with Gasteiger partial charge in [0.1, 0.15) is 0 Å². The van der Waals surface area contributed by atoms with Gasteiger partial charge in [0.05, 0.1) is 39.0 Å². The van der Waals surface area contributed by atoms with E-state index in [1.165, 1.54) is 76.4 Å². The second kappa shape index (κ2) is 11.8. The number of para-hydroxylation sites is 2. The van der Waals surface area contributed by atoms with Crippen molar-refractivity contribution >= 4 is 86.8 Å². The van der Waals surface area contributed by atoms with Crippen LogP contribution in [0.4, 0.5) is 0 Å². The van der Waals surface area contributed by atoms with Gasteiger partial charge in [-0.1, -0.05) is 152 Å². The van der Waals surface area contributed by atoms with Crippen LogP contribution in [0.15, 0.2) is 194 Å². The highest BCUT2D eigenvalue weighted by molar-refractivity contribution is 6.24. The molecule has 0 saturated heterocycles. The molecule has 3 aromatic heterocycles. The normalized spacial score (nSPS) is 12.3. The minimum atomic E-state index is 0.649. The van der Waals surface area contributed by atoms with Crippen LogP contribution in [-0.4, -0.2) is 19.1 Å². The predicted molar refractivity (Wildman–Crippen MR) is 251 cm³/mol. The third-order valence-corrected chi connectivity index (χ3v) is 13.0. The van der Waals surface area contributed by atoms with E-state index in [1.54, 1.807) is 0 Å². The smallest absolute Gasteiger partial charge is 0.235 e. The number of aromatic nitrogens is 4. The molecule has 13 aromatic rings. The van der Waals surface area contributed by atoms with Crippen molar-refractivity contribution in [1.29, 1.82) is 0 Å². The minimum absolute atomic E-state index is 0.649. The van der Waals surface area contributed by atoms with Crippen LogP contribution in [0, 0.1) is 0 Å². The molecule has 0 aliphatic heterocycles. The second-order valence-electron chi connectivity index (χ2n) is 16.1. The standard InChI is InChI=1S/C56H32N4/c1-2-15-35-32-51-45(31-34(35)14-1)54-48(59-47-24-10-8-20-44(47)53-36-16-4-3-13-33(36)27-30-50(53)59)25-12-26-49(54)60(51)56-57-46-23-9-7-19-43(46)55(58-56)42-29-28-41-38-18-6-5-17-37(38)39-21-11-22-40(42)52(39)41/h1-32H. The largest absolute Gasteiger partial charge is 0.309 e. The lowest BCUT2D eigenvalue weighted by atomic mass is 9.95. The highest BCUT2D eigenvalue weighted by Gasteiger charge is 2.26. The summed E-state index contributed by atoms with van der Waals surface area (Å²) in [6.07, 6.45) is 0. The first-order valence-corrected chi connectivity index (χ1v) is 20.6. The maximum Gasteiger partial charge on any atom is 0.235 e. The number of benzene rings is 10. The Morgan fingerprint density at radius 1 is 0.300 bits per heavy atom. The van der Waals surface area contributed by atoms with E-state index in [4.69, 9.17) is 9.97 Å². The Hall–Kier alpha value is -8.08. The Kier molecular flexibility index (Phi) is 6.26. The van der Waals surface area contributed by atoms with Gasteiger partial charge in [-0.3, -0.25) is 4.57 Å². The van der Waals surface area contributed by atoms with Crippen LogP contribution in [0.25, 0.3) is 132 Å². The summed E-state index contributed by atoms with van der Waals surface area (Å²) >= 11 is 0. The summed E-state index contributed by atoms with van der Waals surface area (Å²) in [4.78, 5) is 11.1. The highest BCUT2D eigenvalue weighted by atomic mass is 15.2. The molecule has 3 heterocycles. The SMILES string of the molecule is c1ccc2c(c1)-c1cccc3c(-c4nc(-n5c6cc7ccccc7cc6c6c(-n7c8ccccc8c8c9ccccc9ccc87)cccc65)nc5ccccc45)ccc-2c13. The van der Waals surface area contributed by atoms with Crippen LogP contribution >= 0.6 is 0 Å². The van der Waals surface area contributed by atoms with Gasteiger partial charge < -0.3 is 4.57 Å². The summed E-state index contributed by atoms with van der Waals surface area (Å²) in [6.45, 7) is 0. The van der Waals surface area contributed by atoms with Crippen molar-refractivity contribution < 1.29 is 0 Å². The van der Waals surface area contributed by atoms with E-state index in [2.05, 4.69) is 203 Å². The first-order chi connectivity index (χ1) is 29.8. The van der Waals surface area contributed by atoms with E-state index in [9.17, 15) is 0 Å². The Morgan fingerprint density at radius 2 is 0.917 bits per heavy atom. The molecule has 14 rings (SSSR count). The molecule has 0 amide bonds. The lowest BCUT2D eigenvalue weighted by molar-refractivity contribution is 1.01. The molecule has 1 aliphatic carbocycles. The monoisotopic (exact) mass is 760 g/mol. The van der Waals surface area contributed by atoms with Crippen molar-refractivity contribution in [3.8, 4) is 45.1 Å². The molecular weight excluding hydrogens is 729 g/mol. The van der Waals surface area contributed by atoms with E-state index in [0.29, 0.717) is 5.95 Å². The van der Waals surface area contributed by atoms with Crippen molar-refractivity contribution in [2.24, 2.45) is 0 Å². The van der Waals surface area contributed by atoms with Crippen molar-refractivity contribution in [3.05, 3.63) is 194 Å². The summed E-state index contributed by atoms with van der Waals surface area (Å²) in [5.41, 5.74) is 13.7. The topological polar surface area (TPSA) is 35.6 Å². The lowest BCUT2D eigenvalue weighted by Crippen LogP contribution is -2.04. The van der Waals surface area contributed by atoms with Gasteiger partial charge in [-0.05, 0) is 97.0 Å². The molecular formula is C56H32N4. The molecule has 0 spiro atoms. The number of hydrogen-bond donors (Lipinski definition) is 0. The van der Waals surface area contributed by atoms with Crippen LogP contribution in [0.3, 0.4) is 0 Å². The summed E-state index contributed by atoms with van der Waals surface area (Å²) < 4.78 is 4.77. The fraction of sp³-hybridized carbons (Fsp3) is 0. The third-order valence-electron chi connectivity index (χ3n) is 13.0. The summed E-state index contributed by atoms with van der Waals surface area (Å²) in [7, 11) is 0. The van der Waals surface area contributed by atoms with Crippen molar-refractivity contribution in [2.45, 2.75) is 0 Å². The van der Waals surface area contributed by atoms with E-state index in [0.717, 1.165) is 49.7 Å². The average molecular weight is 761 g/mol. The second-order valence-corrected chi connectivity index (χ2v) is 16.1. The van der Waals surface area contributed by atoms with Crippen LogP contribution in [-0.2, 0) is 0 Å². The van der Waals surface area contributed by atoms with Gasteiger partial charge in [-0.2, -0.15) is 0 Å². The molecule has 0 fully saturated rings. The molecule has 0 bridgehead atoms. The molecule has 4 nitrogen and oxygen atoms in total. The number of nitrogens with zero attached hydrogens (tertiary/aromatic N) is 4. The average Bonchev–Trinajstić information content (AvgIpc) is 3.94. The molecule has 0 atom stereocenters. The quantitative estimate of drug-likeness (QED) is 0.180. The van der Waals surface area contributed by atoms with Crippen molar-refractivity contribution in [3.63, 3.8) is 0 Å². The van der Waals surface area contributed by atoms with Crippen molar-refractivity contribution in [2.75, 3.05) is 0 Å². The zero-order chi connectivity index (χ0) is 39.1. The van der Waals surface area contributed by atoms with Gasteiger partial charge in [0.2, 0.25) is 5.95 Å². The molecule has 0 N–H and O–H groups in total. The van der Waals surface area contributed by atoms with Crippen LogP contribution in [0.5, 0.6) is 0 Å². The van der Waals surface area contributed by atoms with E-state index in [1.807, 2.05) is 0 Å². The molecule has 0 saturated carbocycles. The summed E-state index contributed by atoms with van der Waals surface area (Å²) in [5.74, 6) is 0.649. The molecule has 276 valence electrons. The molecule has 1 aliphatic rings. The molecule has 10 aromatic carbocycles. The zero-order valence-electron chi connectivity index (χ0n) is 32.3. The Labute approximate surface area is 343 Å². The fourth-order valence-electron chi connectivity index (χ4n) is 10.5. The van der Waals surface area contributed by atoms with Crippen LogP contribution < -0.4 is 0 Å². The Bertz CT molecular complexity index is 3990. The van der Waals surface area contributed by atoms with E-state index >= 15 is 0 Å². The minimum Gasteiger partial charge on any atom is -0.309 e. The Morgan fingerprint density at radius 3 is 1.78 bits per heavy atom. The first kappa shape index (κ1) is 31.9. The zero-order valence-corrected chi connectivity index (χ0v) is 32.3. The van der Waals surface area contributed by atoms with Gasteiger partial charge in [-0.25, -0.2) is 9.97 Å². The van der Waals surface area contributed by atoms with Gasteiger partial charge in [0.25, 0.3) is 0 Å². The maximum absolute atomic E-state index is 5.64. The summed E-state index contributed by atoms with van der Waals surface area (Å²) in [5, 5.41) is 13.2.